The fourth-order valence-electron chi connectivity index (χ4n) is 4.56. The van der Waals surface area contributed by atoms with Gasteiger partial charge in [-0.3, -0.25) is 0 Å². The Bertz CT molecular complexity index is 779. The normalized spacial score (nSPS) is 21.0. The lowest BCUT2D eigenvalue weighted by atomic mass is 9.88. The summed E-state index contributed by atoms with van der Waals surface area (Å²) >= 11 is 0. The molecule has 2 aromatic carbocycles. The number of ether oxygens (including phenoxy) is 1. The minimum Gasteiger partial charge on any atom is -0.370 e. The Morgan fingerprint density at radius 3 is 2.00 bits per heavy atom. The zero-order valence-electron chi connectivity index (χ0n) is 19.5. The smallest absolute Gasteiger partial charge is 0.0844 e. The second kappa shape index (κ2) is 12.7. The molecule has 1 heteroatoms. The van der Waals surface area contributed by atoms with Crippen molar-refractivity contribution in [2.24, 2.45) is 5.92 Å². The van der Waals surface area contributed by atoms with Crippen LogP contribution in [0.4, 0.5) is 0 Å². The van der Waals surface area contributed by atoms with Crippen LogP contribution in [-0.2, 0) is 4.74 Å². The van der Waals surface area contributed by atoms with Gasteiger partial charge in [0.2, 0.25) is 0 Å². The molecule has 31 heavy (non-hydrogen) atoms. The SMILES string of the molecule is C=CC(CC/C=C/CCC1OC1CCC(C)c1ccccc1)CC(C)c1ccccc1. The minimum absolute atomic E-state index is 0.486. The van der Waals surface area contributed by atoms with Gasteiger partial charge in [0, 0.05) is 0 Å². The molecule has 5 unspecified atom stereocenters. The molecular weight excluding hydrogens is 376 g/mol. The molecule has 0 aliphatic carbocycles. The molecule has 2 aromatic rings. The maximum atomic E-state index is 5.90. The highest BCUT2D eigenvalue weighted by atomic mass is 16.6. The van der Waals surface area contributed by atoms with Crippen LogP contribution in [0.5, 0.6) is 0 Å². The molecule has 1 aliphatic heterocycles. The lowest BCUT2D eigenvalue weighted by Gasteiger charge is -2.17. The highest BCUT2D eigenvalue weighted by Crippen LogP contribution is 2.33. The highest BCUT2D eigenvalue weighted by Gasteiger charge is 2.37. The molecule has 0 bridgehead atoms. The Morgan fingerprint density at radius 2 is 1.35 bits per heavy atom. The summed E-state index contributed by atoms with van der Waals surface area (Å²) in [6, 6.07) is 21.7. The highest BCUT2D eigenvalue weighted by molar-refractivity contribution is 5.19. The van der Waals surface area contributed by atoms with Crippen LogP contribution >= 0.6 is 0 Å². The second-order valence-corrected chi connectivity index (χ2v) is 9.27. The molecule has 0 radical (unpaired) electrons. The molecule has 1 fully saturated rings. The molecule has 1 aliphatic rings. The predicted octanol–water partition coefficient (Wildman–Crippen LogP) is 8.45. The van der Waals surface area contributed by atoms with Crippen LogP contribution in [0.1, 0.15) is 81.8 Å². The van der Waals surface area contributed by atoms with Gasteiger partial charge in [-0.25, -0.2) is 0 Å². The molecule has 0 saturated carbocycles. The van der Waals surface area contributed by atoms with Crippen LogP contribution in [0.15, 0.2) is 85.5 Å². The number of hydrogen-bond acceptors (Lipinski definition) is 1. The summed E-state index contributed by atoms with van der Waals surface area (Å²) in [5.74, 6) is 1.79. The standard InChI is InChI=1S/C30H40O/c1-4-26(23-25(3)28-18-12-8-13-19-28)15-9-5-6-14-20-29-30(31-29)22-21-24(2)27-16-10-7-11-17-27/h4-8,10-13,16-19,24-26,29-30H,1,9,14-15,20-23H2,2-3H3/b6-5+. The van der Waals surface area contributed by atoms with E-state index in [0.717, 1.165) is 19.3 Å². The monoisotopic (exact) mass is 416 g/mol. The van der Waals surface area contributed by atoms with E-state index in [1.807, 2.05) is 0 Å². The van der Waals surface area contributed by atoms with Crippen molar-refractivity contribution in [2.75, 3.05) is 0 Å². The zero-order chi connectivity index (χ0) is 21.9. The molecule has 166 valence electrons. The van der Waals surface area contributed by atoms with Crippen LogP contribution < -0.4 is 0 Å². The summed E-state index contributed by atoms with van der Waals surface area (Å²) < 4.78 is 5.90. The summed E-state index contributed by atoms with van der Waals surface area (Å²) in [6.07, 6.45) is 16.0. The summed E-state index contributed by atoms with van der Waals surface area (Å²) in [7, 11) is 0. The topological polar surface area (TPSA) is 12.5 Å². The van der Waals surface area contributed by atoms with Crippen LogP contribution in [0, 0.1) is 5.92 Å². The molecular formula is C30H40O. The van der Waals surface area contributed by atoms with Crippen molar-refractivity contribution < 1.29 is 4.74 Å². The Hall–Kier alpha value is -2.12. The quantitative estimate of drug-likeness (QED) is 0.222. The largest absolute Gasteiger partial charge is 0.370 e. The van der Waals surface area contributed by atoms with E-state index in [4.69, 9.17) is 4.74 Å². The Balaban J connectivity index is 1.25. The maximum absolute atomic E-state index is 5.90. The Morgan fingerprint density at radius 1 is 0.774 bits per heavy atom. The van der Waals surface area contributed by atoms with Gasteiger partial charge in [0.25, 0.3) is 0 Å². The molecule has 1 heterocycles. The van der Waals surface area contributed by atoms with Crippen molar-refractivity contribution in [1.29, 1.82) is 0 Å². The lowest BCUT2D eigenvalue weighted by Crippen LogP contribution is -2.03. The van der Waals surface area contributed by atoms with E-state index >= 15 is 0 Å². The van der Waals surface area contributed by atoms with Crippen LogP contribution in [0.25, 0.3) is 0 Å². The molecule has 1 saturated heterocycles. The number of allylic oxidation sites excluding steroid dienone is 3. The molecule has 0 spiro atoms. The number of epoxide rings is 1. The molecule has 5 atom stereocenters. The van der Waals surface area contributed by atoms with Crippen molar-refractivity contribution in [3.05, 3.63) is 96.6 Å². The number of benzene rings is 2. The Labute approximate surface area is 190 Å². The predicted molar refractivity (Wildman–Crippen MR) is 134 cm³/mol. The van der Waals surface area contributed by atoms with Crippen molar-refractivity contribution in [3.8, 4) is 0 Å². The van der Waals surface area contributed by atoms with Crippen molar-refractivity contribution in [3.63, 3.8) is 0 Å². The summed E-state index contributed by atoms with van der Waals surface area (Å²) in [4.78, 5) is 0. The van der Waals surface area contributed by atoms with E-state index in [0.29, 0.717) is 30.0 Å². The zero-order valence-corrected chi connectivity index (χ0v) is 19.5. The first-order valence-corrected chi connectivity index (χ1v) is 12.2. The van der Waals surface area contributed by atoms with Gasteiger partial charge in [-0.15, -0.1) is 6.58 Å². The average Bonchev–Trinajstić information content (AvgIpc) is 3.58. The number of rotatable bonds is 14. The fraction of sp³-hybridized carbons (Fsp3) is 0.467. The van der Waals surface area contributed by atoms with Gasteiger partial charge < -0.3 is 4.74 Å². The Kier molecular flexibility index (Phi) is 9.62. The van der Waals surface area contributed by atoms with Gasteiger partial charge in [0.15, 0.2) is 0 Å². The minimum atomic E-state index is 0.486. The fourth-order valence-corrected chi connectivity index (χ4v) is 4.56. The van der Waals surface area contributed by atoms with Gasteiger partial charge in [0.1, 0.15) is 0 Å². The third-order valence-corrected chi connectivity index (χ3v) is 6.79. The molecule has 0 N–H and O–H groups in total. The van der Waals surface area contributed by atoms with Gasteiger partial charge in [-0.05, 0) is 73.8 Å². The van der Waals surface area contributed by atoms with Crippen LogP contribution in [0.3, 0.4) is 0 Å². The van der Waals surface area contributed by atoms with E-state index in [1.165, 1.54) is 36.8 Å². The van der Waals surface area contributed by atoms with E-state index in [9.17, 15) is 0 Å². The van der Waals surface area contributed by atoms with Gasteiger partial charge >= 0.3 is 0 Å². The first-order chi connectivity index (χ1) is 15.2. The first kappa shape index (κ1) is 23.5. The maximum Gasteiger partial charge on any atom is 0.0844 e. The molecule has 3 rings (SSSR count). The van der Waals surface area contributed by atoms with Crippen molar-refractivity contribution in [1.82, 2.24) is 0 Å². The third kappa shape index (κ3) is 8.15. The van der Waals surface area contributed by atoms with Gasteiger partial charge in [-0.2, -0.15) is 0 Å². The van der Waals surface area contributed by atoms with Crippen molar-refractivity contribution in [2.45, 2.75) is 82.8 Å². The van der Waals surface area contributed by atoms with E-state index in [-0.39, 0.29) is 0 Å². The van der Waals surface area contributed by atoms with E-state index < -0.39 is 0 Å². The van der Waals surface area contributed by atoms with Crippen LogP contribution in [-0.4, -0.2) is 12.2 Å². The lowest BCUT2D eigenvalue weighted by molar-refractivity contribution is 0.351. The second-order valence-electron chi connectivity index (χ2n) is 9.27. The third-order valence-electron chi connectivity index (χ3n) is 6.79. The first-order valence-electron chi connectivity index (χ1n) is 12.2. The molecule has 0 amide bonds. The van der Waals surface area contributed by atoms with E-state index in [1.54, 1.807) is 0 Å². The summed E-state index contributed by atoms with van der Waals surface area (Å²) in [5, 5.41) is 0. The summed E-state index contributed by atoms with van der Waals surface area (Å²) in [5.41, 5.74) is 2.88. The van der Waals surface area contributed by atoms with Crippen LogP contribution in [0.2, 0.25) is 0 Å². The van der Waals surface area contributed by atoms with Crippen molar-refractivity contribution >= 4 is 0 Å². The molecule has 1 nitrogen and oxygen atoms in total. The number of hydrogen-bond donors (Lipinski definition) is 0. The molecule has 0 aromatic heterocycles. The van der Waals surface area contributed by atoms with Gasteiger partial charge in [0.05, 0.1) is 12.2 Å². The van der Waals surface area contributed by atoms with E-state index in [2.05, 4.69) is 99.3 Å². The van der Waals surface area contributed by atoms with Gasteiger partial charge in [-0.1, -0.05) is 92.7 Å². The average molecular weight is 417 g/mol. The summed E-state index contributed by atoms with van der Waals surface area (Å²) in [6.45, 7) is 8.72.